The summed E-state index contributed by atoms with van der Waals surface area (Å²) in [5, 5.41) is 0. The molecule has 1 unspecified atom stereocenters. The topological polar surface area (TPSA) is 64.8 Å². The molecule has 0 saturated carbocycles. The first kappa shape index (κ1) is 23.8. The van der Waals surface area contributed by atoms with Crippen molar-refractivity contribution >= 4 is 5.91 Å². The van der Waals surface area contributed by atoms with Gasteiger partial charge in [-0.15, -0.1) is 0 Å². The Hall–Kier alpha value is -3.38. The van der Waals surface area contributed by atoms with Gasteiger partial charge in [-0.05, 0) is 66.1 Å². The number of aryl methyl sites for hydroxylation is 2. The molecule has 4 rings (SSSR count). The summed E-state index contributed by atoms with van der Waals surface area (Å²) >= 11 is 0. The fourth-order valence-corrected chi connectivity index (χ4v) is 5.03. The van der Waals surface area contributed by atoms with Gasteiger partial charge in [0.2, 0.25) is 5.91 Å². The lowest BCUT2D eigenvalue weighted by Crippen LogP contribution is -2.44. The predicted octanol–water partition coefficient (Wildman–Crippen LogP) is 4.91. The second-order valence-electron chi connectivity index (χ2n) is 8.71. The van der Waals surface area contributed by atoms with Crippen molar-refractivity contribution in [2.75, 3.05) is 20.8 Å². The van der Waals surface area contributed by atoms with E-state index in [2.05, 4.69) is 4.90 Å². The molecule has 34 heavy (non-hydrogen) atoms. The van der Waals surface area contributed by atoms with E-state index in [0.717, 1.165) is 23.1 Å². The molecule has 0 aliphatic carbocycles. The Balaban J connectivity index is 1.77. The van der Waals surface area contributed by atoms with Crippen molar-refractivity contribution in [2.24, 2.45) is 5.73 Å². The smallest absolute Gasteiger partial charge is 0.239 e. The Morgan fingerprint density at radius 3 is 2.47 bits per heavy atom. The maximum Gasteiger partial charge on any atom is 0.239 e. The summed E-state index contributed by atoms with van der Waals surface area (Å²) in [6.45, 7) is 2.42. The molecule has 0 fully saturated rings. The van der Waals surface area contributed by atoms with Crippen LogP contribution in [0.1, 0.15) is 46.3 Å². The second-order valence-corrected chi connectivity index (χ2v) is 8.71. The average molecular weight is 463 g/mol. The molecule has 1 aliphatic rings. The zero-order valence-corrected chi connectivity index (χ0v) is 19.9. The van der Waals surface area contributed by atoms with Crippen molar-refractivity contribution in [3.63, 3.8) is 0 Å². The maximum atomic E-state index is 14.8. The molecular formula is C28H31FN2O3. The fourth-order valence-electron chi connectivity index (χ4n) is 5.03. The number of primary amides is 1. The minimum atomic E-state index is -0.588. The van der Waals surface area contributed by atoms with Crippen LogP contribution >= 0.6 is 0 Å². The van der Waals surface area contributed by atoms with Gasteiger partial charge in [-0.25, -0.2) is 4.39 Å². The van der Waals surface area contributed by atoms with Crippen molar-refractivity contribution in [3.05, 3.63) is 94.3 Å². The van der Waals surface area contributed by atoms with Gasteiger partial charge in [-0.3, -0.25) is 9.69 Å². The first-order valence-electron chi connectivity index (χ1n) is 11.5. The highest BCUT2D eigenvalue weighted by atomic mass is 19.1. The van der Waals surface area contributed by atoms with Gasteiger partial charge in [0.15, 0.2) is 11.5 Å². The van der Waals surface area contributed by atoms with Crippen LogP contribution in [0.15, 0.2) is 60.7 Å². The molecule has 0 radical (unpaired) electrons. The number of rotatable bonds is 8. The molecule has 0 aromatic heterocycles. The third-order valence-electron chi connectivity index (χ3n) is 6.72. The summed E-state index contributed by atoms with van der Waals surface area (Å²) in [7, 11) is 3.23. The lowest BCUT2D eigenvalue weighted by atomic mass is 9.86. The summed E-state index contributed by atoms with van der Waals surface area (Å²) in [6, 6.07) is 18.3. The molecule has 1 aliphatic heterocycles. The van der Waals surface area contributed by atoms with Crippen LogP contribution in [-0.4, -0.2) is 31.6 Å². The van der Waals surface area contributed by atoms with E-state index in [1.807, 2.05) is 54.6 Å². The van der Waals surface area contributed by atoms with Crippen LogP contribution in [0.5, 0.6) is 11.5 Å². The minimum Gasteiger partial charge on any atom is -0.493 e. The number of nitrogens with two attached hydrogens (primary N) is 1. The van der Waals surface area contributed by atoms with Gasteiger partial charge in [0.25, 0.3) is 0 Å². The zero-order valence-electron chi connectivity index (χ0n) is 19.9. The molecule has 5 nitrogen and oxygen atoms in total. The van der Waals surface area contributed by atoms with Crippen molar-refractivity contribution < 1.29 is 18.7 Å². The van der Waals surface area contributed by atoms with E-state index in [1.54, 1.807) is 27.2 Å². The first-order chi connectivity index (χ1) is 16.4. The number of ether oxygens (including phenoxy) is 2. The van der Waals surface area contributed by atoms with Crippen molar-refractivity contribution in [2.45, 2.75) is 38.3 Å². The van der Waals surface area contributed by atoms with Gasteiger partial charge in [-0.2, -0.15) is 0 Å². The first-order valence-corrected chi connectivity index (χ1v) is 11.5. The minimum absolute atomic E-state index is 0.152. The highest BCUT2D eigenvalue weighted by molar-refractivity contribution is 5.81. The third-order valence-corrected chi connectivity index (χ3v) is 6.72. The standard InChI is InChI=1S/C28H31FN2O3/c1-18-8-7-11-19(26(18)29)12-13-23-22-17-25(34-3)24(33-2)16-21(22)14-15-31(23)27(28(30)32)20-9-5-4-6-10-20/h4-11,16-17,23,27H,12-15H2,1-3H3,(H2,30,32)/t23-,27?/m0/s1. The lowest BCUT2D eigenvalue weighted by molar-refractivity contribution is -0.124. The molecule has 1 amide bonds. The molecular weight excluding hydrogens is 431 g/mol. The molecule has 1 heterocycles. The number of carbonyl (C=O) groups excluding carboxylic acids is 1. The third kappa shape index (κ3) is 4.64. The molecule has 178 valence electrons. The number of nitrogens with zero attached hydrogens (tertiary/aromatic N) is 1. The van der Waals surface area contributed by atoms with Crippen LogP contribution in [-0.2, 0) is 17.6 Å². The van der Waals surface area contributed by atoms with Gasteiger partial charge >= 0.3 is 0 Å². The highest BCUT2D eigenvalue weighted by Crippen LogP contribution is 2.43. The van der Waals surface area contributed by atoms with Crippen LogP contribution in [0.2, 0.25) is 0 Å². The Labute approximate surface area is 200 Å². The normalized spacial score (nSPS) is 16.5. The Morgan fingerprint density at radius 1 is 1.09 bits per heavy atom. The quantitative estimate of drug-likeness (QED) is 0.517. The van der Waals surface area contributed by atoms with Crippen molar-refractivity contribution in [3.8, 4) is 11.5 Å². The van der Waals surface area contributed by atoms with Gasteiger partial charge < -0.3 is 15.2 Å². The van der Waals surface area contributed by atoms with E-state index in [1.165, 1.54) is 0 Å². The van der Waals surface area contributed by atoms with E-state index >= 15 is 0 Å². The average Bonchev–Trinajstić information content (AvgIpc) is 2.85. The van der Waals surface area contributed by atoms with Gasteiger partial charge in [0, 0.05) is 12.6 Å². The Morgan fingerprint density at radius 2 is 1.79 bits per heavy atom. The van der Waals surface area contributed by atoms with Gasteiger partial charge in [0.1, 0.15) is 11.9 Å². The number of benzene rings is 3. The van der Waals surface area contributed by atoms with Crippen LogP contribution < -0.4 is 15.2 Å². The SMILES string of the molecule is COc1cc2c(cc1OC)[C@H](CCc1cccc(C)c1F)N(C(C(N)=O)c1ccccc1)CC2. The van der Waals surface area contributed by atoms with Gasteiger partial charge in [-0.1, -0.05) is 48.5 Å². The fraction of sp³-hybridized carbons (Fsp3) is 0.321. The molecule has 0 spiro atoms. The van der Waals surface area contributed by atoms with E-state index < -0.39 is 11.9 Å². The number of hydrogen-bond donors (Lipinski definition) is 1. The van der Waals surface area contributed by atoms with Gasteiger partial charge in [0.05, 0.1) is 14.2 Å². The number of fused-ring (bicyclic) bond motifs is 1. The number of amides is 1. The van der Waals surface area contributed by atoms with Crippen molar-refractivity contribution in [1.82, 2.24) is 4.90 Å². The number of hydrogen-bond acceptors (Lipinski definition) is 4. The van der Waals surface area contributed by atoms with E-state index in [4.69, 9.17) is 15.2 Å². The summed E-state index contributed by atoms with van der Waals surface area (Å²) in [5.74, 6) is 0.728. The van der Waals surface area contributed by atoms with Crippen LogP contribution in [0.3, 0.4) is 0 Å². The number of halogens is 1. The largest absolute Gasteiger partial charge is 0.493 e. The van der Waals surface area contributed by atoms with E-state index in [0.29, 0.717) is 42.0 Å². The monoisotopic (exact) mass is 462 g/mol. The maximum absolute atomic E-state index is 14.8. The summed E-state index contributed by atoms with van der Waals surface area (Å²) in [4.78, 5) is 14.9. The Kier molecular flexibility index (Phi) is 7.17. The van der Waals surface area contributed by atoms with Crippen LogP contribution in [0, 0.1) is 12.7 Å². The second kappa shape index (κ2) is 10.3. The summed E-state index contributed by atoms with van der Waals surface area (Å²) in [5.41, 5.74) is 10.3. The number of methoxy groups -OCH3 is 2. The molecule has 6 heteroatoms. The van der Waals surface area contributed by atoms with Crippen LogP contribution in [0.25, 0.3) is 0 Å². The molecule has 2 atom stereocenters. The zero-order chi connectivity index (χ0) is 24.2. The summed E-state index contributed by atoms with van der Waals surface area (Å²) < 4.78 is 25.9. The molecule has 3 aromatic rings. The predicted molar refractivity (Wildman–Crippen MR) is 131 cm³/mol. The molecule has 3 aromatic carbocycles. The van der Waals surface area contributed by atoms with E-state index in [-0.39, 0.29) is 11.9 Å². The van der Waals surface area contributed by atoms with Crippen LogP contribution in [0.4, 0.5) is 4.39 Å². The lowest BCUT2D eigenvalue weighted by Gasteiger charge is -2.41. The molecule has 0 bridgehead atoms. The molecule has 0 saturated heterocycles. The Bertz CT molecular complexity index is 1170. The molecule has 2 N–H and O–H groups in total. The van der Waals surface area contributed by atoms with Crippen molar-refractivity contribution in [1.29, 1.82) is 0 Å². The van der Waals surface area contributed by atoms with E-state index in [9.17, 15) is 9.18 Å². The summed E-state index contributed by atoms with van der Waals surface area (Å²) in [6.07, 6.45) is 1.89. The highest BCUT2D eigenvalue weighted by Gasteiger charge is 2.36. The number of carbonyl (C=O) groups is 1.